The summed E-state index contributed by atoms with van der Waals surface area (Å²) in [6, 6.07) is 7.40. The van der Waals surface area contributed by atoms with E-state index in [1.54, 1.807) is 0 Å². The number of hydrogen-bond donors (Lipinski definition) is 3. The smallest absolute Gasteiger partial charge is 0.321 e. The van der Waals surface area contributed by atoms with Crippen LogP contribution < -0.4 is 5.32 Å². The number of benzene rings is 1. The molecule has 2 N–H and O–H groups in total. The Morgan fingerprint density at radius 1 is 1.47 bits per heavy atom. The second-order valence-electron chi connectivity index (χ2n) is 3.44. The van der Waals surface area contributed by atoms with Gasteiger partial charge in [0.15, 0.2) is 0 Å². The summed E-state index contributed by atoms with van der Waals surface area (Å²) >= 11 is 3.97. The first-order chi connectivity index (χ1) is 7.13. The molecule has 1 aromatic rings. The average molecular weight is 225 g/mol. The molecule has 0 aromatic heterocycles. The van der Waals surface area contributed by atoms with Gasteiger partial charge in [-0.15, -0.1) is 0 Å². The largest absolute Gasteiger partial charge is 0.480 e. The van der Waals surface area contributed by atoms with Crippen LogP contribution in [0.1, 0.15) is 11.1 Å². The van der Waals surface area contributed by atoms with E-state index in [1.165, 1.54) is 5.56 Å². The summed E-state index contributed by atoms with van der Waals surface area (Å²) in [4.78, 5) is 10.7. The third-order valence-electron chi connectivity index (χ3n) is 2.15. The number of carboxylic acids is 1. The maximum Gasteiger partial charge on any atom is 0.321 e. The molecule has 0 amide bonds. The van der Waals surface area contributed by atoms with Gasteiger partial charge in [0.2, 0.25) is 0 Å². The molecule has 0 aliphatic carbocycles. The lowest BCUT2D eigenvalue weighted by molar-refractivity contribution is -0.138. The lowest BCUT2D eigenvalue weighted by atomic mass is 10.1. The minimum absolute atomic E-state index is 0.293. The molecule has 1 atom stereocenters. The van der Waals surface area contributed by atoms with Gasteiger partial charge in [-0.3, -0.25) is 10.1 Å². The summed E-state index contributed by atoms with van der Waals surface area (Å²) in [5.41, 5.74) is 2.27. The first kappa shape index (κ1) is 12.1. The van der Waals surface area contributed by atoms with Gasteiger partial charge in [0.1, 0.15) is 6.04 Å². The molecule has 0 saturated heterocycles. The lowest BCUT2D eigenvalue weighted by Gasteiger charge is -2.11. The van der Waals surface area contributed by atoms with E-state index < -0.39 is 12.0 Å². The molecule has 0 unspecified atom stereocenters. The van der Waals surface area contributed by atoms with Crippen molar-refractivity contribution in [1.29, 1.82) is 0 Å². The van der Waals surface area contributed by atoms with Crippen LogP contribution >= 0.6 is 12.6 Å². The van der Waals surface area contributed by atoms with Crippen LogP contribution in [0.4, 0.5) is 0 Å². The number of carboxylic acid groups (broad SMARTS) is 1. The van der Waals surface area contributed by atoms with Crippen molar-refractivity contribution in [2.45, 2.75) is 19.5 Å². The van der Waals surface area contributed by atoms with E-state index in [4.69, 9.17) is 5.11 Å². The zero-order chi connectivity index (χ0) is 11.3. The first-order valence-corrected chi connectivity index (χ1v) is 5.39. The topological polar surface area (TPSA) is 49.3 Å². The van der Waals surface area contributed by atoms with Crippen LogP contribution in [0.3, 0.4) is 0 Å². The highest BCUT2D eigenvalue weighted by Crippen LogP contribution is 2.03. The first-order valence-electron chi connectivity index (χ1n) is 4.76. The van der Waals surface area contributed by atoms with Crippen molar-refractivity contribution >= 4 is 18.6 Å². The van der Waals surface area contributed by atoms with Crippen LogP contribution in [-0.4, -0.2) is 22.9 Å². The van der Waals surface area contributed by atoms with E-state index in [2.05, 4.69) is 17.9 Å². The Bertz CT molecular complexity index is 324. The zero-order valence-electron chi connectivity index (χ0n) is 8.60. The van der Waals surface area contributed by atoms with Gasteiger partial charge in [-0.1, -0.05) is 29.8 Å². The normalized spacial score (nSPS) is 12.4. The Balaban J connectivity index is 2.49. The van der Waals surface area contributed by atoms with Gasteiger partial charge in [0.25, 0.3) is 0 Å². The van der Waals surface area contributed by atoms with Crippen LogP contribution in [0, 0.1) is 6.92 Å². The molecule has 0 bridgehead atoms. The number of carbonyl (C=O) groups is 1. The van der Waals surface area contributed by atoms with Gasteiger partial charge in [-0.2, -0.15) is 12.6 Å². The van der Waals surface area contributed by atoms with E-state index in [9.17, 15) is 4.79 Å². The summed E-state index contributed by atoms with van der Waals surface area (Å²) in [7, 11) is 0. The number of rotatable bonds is 5. The highest BCUT2D eigenvalue weighted by Gasteiger charge is 2.13. The van der Waals surface area contributed by atoms with E-state index in [1.807, 2.05) is 31.2 Å². The maximum atomic E-state index is 10.7. The molecule has 0 heterocycles. The molecule has 82 valence electrons. The van der Waals surface area contributed by atoms with Crippen LogP contribution in [0.25, 0.3) is 0 Å². The lowest BCUT2D eigenvalue weighted by Crippen LogP contribution is -2.37. The summed E-state index contributed by atoms with van der Waals surface area (Å²) in [5.74, 6) is -0.571. The van der Waals surface area contributed by atoms with Gasteiger partial charge in [0, 0.05) is 12.3 Å². The Morgan fingerprint density at radius 2 is 2.07 bits per heavy atom. The summed E-state index contributed by atoms with van der Waals surface area (Å²) < 4.78 is 0. The Kier molecular flexibility index (Phi) is 4.65. The molecule has 15 heavy (non-hydrogen) atoms. The van der Waals surface area contributed by atoms with Crippen molar-refractivity contribution in [3.8, 4) is 0 Å². The van der Waals surface area contributed by atoms with Crippen LogP contribution in [0.2, 0.25) is 0 Å². The van der Waals surface area contributed by atoms with Crippen molar-refractivity contribution in [3.63, 3.8) is 0 Å². The van der Waals surface area contributed by atoms with Crippen LogP contribution in [0.15, 0.2) is 24.3 Å². The van der Waals surface area contributed by atoms with E-state index in [-0.39, 0.29) is 0 Å². The Hall–Kier alpha value is -1.00. The highest BCUT2D eigenvalue weighted by atomic mass is 32.1. The van der Waals surface area contributed by atoms with Gasteiger partial charge in [-0.05, 0) is 12.5 Å². The molecule has 1 aromatic carbocycles. The monoisotopic (exact) mass is 225 g/mol. The molecule has 0 spiro atoms. The predicted octanol–water partition coefficient (Wildman–Crippen LogP) is 1.47. The molecule has 0 saturated carbocycles. The Labute approximate surface area is 94.9 Å². The van der Waals surface area contributed by atoms with Crippen LogP contribution in [-0.2, 0) is 11.3 Å². The number of thiol groups is 1. The minimum Gasteiger partial charge on any atom is -0.480 e. The number of aliphatic carboxylic acids is 1. The molecule has 3 nitrogen and oxygen atoms in total. The number of aryl methyl sites for hydroxylation is 1. The summed E-state index contributed by atoms with van der Waals surface area (Å²) in [6.07, 6.45) is 0. The SMILES string of the molecule is Cc1ccc(CN[C@@H](CS)C(=O)O)cc1. The second kappa shape index (κ2) is 5.78. The molecule has 0 aliphatic rings. The summed E-state index contributed by atoms with van der Waals surface area (Å²) in [5, 5.41) is 11.7. The zero-order valence-corrected chi connectivity index (χ0v) is 9.50. The fraction of sp³-hybridized carbons (Fsp3) is 0.364. The number of hydrogen-bond acceptors (Lipinski definition) is 3. The Morgan fingerprint density at radius 3 is 2.53 bits per heavy atom. The van der Waals surface area contributed by atoms with Crippen molar-refractivity contribution in [2.24, 2.45) is 0 Å². The van der Waals surface area contributed by atoms with E-state index in [0.717, 1.165) is 5.56 Å². The molecule has 4 heteroatoms. The van der Waals surface area contributed by atoms with E-state index in [0.29, 0.717) is 12.3 Å². The molecule has 0 aliphatic heterocycles. The van der Waals surface area contributed by atoms with Crippen LogP contribution in [0.5, 0.6) is 0 Å². The van der Waals surface area contributed by atoms with E-state index >= 15 is 0 Å². The van der Waals surface area contributed by atoms with Crippen molar-refractivity contribution < 1.29 is 9.90 Å². The fourth-order valence-corrected chi connectivity index (χ4v) is 1.46. The van der Waals surface area contributed by atoms with Gasteiger partial charge < -0.3 is 5.11 Å². The maximum absolute atomic E-state index is 10.7. The third-order valence-corrected chi connectivity index (χ3v) is 2.52. The summed E-state index contributed by atoms with van der Waals surface area (Å²) in [6.45, 7) is 2.57. The molecular weight excluding hydrogens is 210 g/mol. The van der Waals surface area contributed by atoms with Gasteiger partial charge in [-0.25, -0.2) is 0 Å². The molecule has 0 radical (unpaired) electrons. The second-order valence-corrected chi connectivity index (χ2v) is 3.81. The average Bonchev–Trinajstić information content (AvgIpc) is 2.21. The molecule has 1 rings (SSSR count). The van der Waals surface area contributed by atoms with Gasteiger partial charge in [0.05, 0.1) is 0 Å². The standard InChI is InChI=1S/C11H15NO2S/c1-8-2-4-9(5-3-8)6-12-10(7-15)11(13)14/h2-5,10,12,15H,6-7H2,1H3,(H,13,14)/t10-/m0/s1. The highest BCUT2D eigenvalue weighted by molar-refractivity contribution is 7.80. The quantitative estimate of drug-likeness (QED) is 0.665. The van der Waals surface area contributed by atoms with Gasteiger partial charge >= 0.3 is 5.97 Å². The molecular formula is C11H15NO2S. The van der Waals surface area contributed by atoms with Crippen molar-refractivity contribution in [3.05, 3.63) is 35.4 Å². The molecule has 0 fully saturated rings. The predicted molar refractivity (Wildman–Crippen MR) is 63.3 cm³/mol. The minimum atomic E-state index is -0.864. The third kappa shape index (κ3) is 3.93. The van der Waals surface area contributed by atoms with Crippen molar-refractivity contribution in [2.75, 3.05) is 5.75 Å². The number of nitrogens with one attached hydrogen (secondary N) is 1. The van der Waals surface area contributed by atoms with Crippen molar-refractivity contribution in [1.82, 2.24) is 5.32 Å². The fourth-order valence-electron chi connectivity index (χ4n) is 1.18.